The number of hydrogen-bond acceptors (Lipinski definition) is 6. The van der Waals surface area contributed by atoms with Crippen LogP contribution in [-0.4, -0.2) is 20.2 Å². The summed E-state index contributed by atoms with van der Waals surface area (Å²) in [6.07, 6.45) is 4.56. The van der Waals surface area contributed by atoms with Gasteiger partial charge >= 0.3 is 0 Å². The third kappa shape index (κ3) is 3.75. The van der Waals surface area contributed by atoms with Crippen LogP contribution in [0.15, 0.2) is 42.6 Å². The smallest absolute Gasteiger partial charge is 0.229 e. The first-order chi connectivity index (χ1) is 12.3. The van der Waals surface area contributed by atoms with Gasteiger partial charge in [0.05, 0.1) is 12.5 Å². The summed E-state index contributed by atoms with van der Waals surface area (Å²) in [5.41, 5.74) is 3.02. The van der Waals surface area contributed by atoms with Gasteiger partial charge < -0.3 is 10.6 Å². The first-order valence-electron chi connectivity index (χ1n) is 8.18. The molecule has 0 radical (unpaired) electrons. The molecule has 0 unspecified atom stereocenters. The van der Waals surface area contributed by atoms with Gasteiger partial charge in [-0.15, -0.1) is 0 Å². The third-order valence-electron chi connectivity index (χ3n) is 4.02. The van der Waals surface area contributed by atoms with Gasteiger partial charge in [0, 0.05) is 29.6 Å². The Morgan fingerprint density at radius 3 is 2.72 bits per heavy atom. The van der Waals surface area contributed by atoms with Crippen molar-refractivity contribution in [2.24, 2.45) is 0 Å². The fraction of sp³-hybridized carbons (Fsp3) is 0.222. The van der Waals surface area contributed by atoms with E-state index >= 15 is 0 Å². The van der Waals surface area contributed by atoms with E-state index in [1.165, 1.54) is 18.5 Å². The number of aromatic amines is 1. The van der Waals surface area contributed by atoms with Gasteiger partial charge in [-0.2, -0.15) is 15.3 Å². The lowest BCUT2D eigenvalue weighted by molar-refractivity contribution is 0.966. The van der Waals surface area contributed by atoms with Crippen LogP contribution in [0, 0.1) is 11.3 Å². The van der Waals surface area contributed by atoms with E-state index in [1.54, 1.807) is 12.3 Å². The number of anilines is 4. The van der Waals surface area contributed by atoms with Crippen LogP contribution in [-0.2, 0) is 6.42 Å². The number of hydrogen-bond donors (Lipinski definition) is 3. The van der Waals surface area contributed by atoms with Crippen molar-refractivity contribution in [3.63, 3.8) is 0 Å². The van der Waals surface area contributed by atoms with Gasteiger partial charge in [0.15, 0.2) is 5.82 Å². The van der Waals surface area contributed by atoms with E-state index in [-0.39, 0.29) is 0 Å². The molecule has 124 valence electrons. The summed E-state index contributed by atoms with van der Waals surface area (Å²) in [4.78, 5) is 8.69. The molecule has 1 aliphatic carbocycles. The molecule has 0 saturated heterocycles. The minimum Gasteiger partial charge on any atom is -0.324 e. The second-order valence-electron chi connectivity index (χ2n) is 6.03. The largest absolute Gasteiger partial charge is 0.324 e. The molecular formula is C18H17N7. The molecule has 0 bridgehead atoms. The van der Waals surface area contributed by atoms with E-state index in [4.69, 9.17) is 5.26 Å². The van der Waals surface area contributed by atoms with Crippen LogP contribution in [0.2, 0.25) is 0 Å². The van der Waals surface area contributed by atoms with Crippen LogP contribution in [0.4, 0.5) is 23.3 Å². The number of nitrogens with zero attached hydrogens (tertiary/aromatic N) is 4. The molecule has 3 N–H and O–H groups in total. The van der Waals surface area contributed by atoms with E-state index in [0.29, 0.717) is 24.1 Å². The quantitative estimate of drug-likeness (QED) is 0.637. The Morgan fingerprint density at radius 2 is 1.96 bits per heavy atom. The maximum absolute atomic E-state index is 8.71. The monoisotopic (exact) mass is 331 g/mol. The SMILES string of the molecule is N#CCc1ccc(Nc2nccc(Nc3cc(C4CC4)[nH]n3)n2)cc1. The van der Waals surface area contributed by atoms with Crippen molar-refractivity contribution in [3.8, 4) is 6.07 Å². The molecule has 0 atom stereocenters. The van der Waals surface area contributed by atoms with E-state index in [0.717, 1.165) is 17.1 Å². The Kier molecular flexibility index (Phi) is 4.01. The molecule has 0 aliphatic heterocycles. The average molecular weight is 331 g/mol. The first kappa shape index (κ1) is 15.1. The number of aromatic nitrogens is 4. The van der Waals surface area contributed by atoms with E-state index in [2.05, 4.69) is 36.9 Å². The Bertz CT molecular complexity index is 904. The fourth-order valence-corrected chi connectivity index (χ4v) is 2.55. The Balaban J connectivity index is 1.44. The second kappa shape index (κ2) is 6.61. The van der Waals surface area contributed by atoms with Gasteiger partial charge in [-0.05, 0) is 36.6 Å². The van der Waals surface area contributed by atoms with Gasteiger partial charge in [-0.25, -0.2) is 4.98 Å². The number of H-pyrrole nitrogens is 1. The van der Waals surface area contributed by atoms with E-state index < -0.39 is 0 Å². The molecule has 1 saturated carbocycles. The molecular weight excluding hydrogens is 314 g/mol. The molecule has 2 aromatic heterocycles. The predicted octanol–water partition coefficient (Wildman–Crippen LogP) is 3.63. The molecule has 2 heterocycles. The average Bonchev–Trinajstić information content (AvgIpc) is 3.37. The number of nitrogens with one attached hydrogen (secondary N) is 3. The minimum atomic E-state index is 0.405. The van der Waals surface area contributed by atoms with Gasteiger partial charge in [0.25, 0.3) is 0 Å². The lowest BCUT2D eigenvalue weighted by Crippen LogP contribution is -2.00. The second-order valence-corrected chi connectivity index (χ2v) is 6.03. The van der Waals surface area contributed by atoms with Gasteiger partial charge in [0.2, 0.25) is 5.95 Å². The number of nitriles is 1. The summed E-state index contributed by atoms with van der Waals surface area (Å²) < 4.78 is 0. The third-order valence-corrected chi connectivity index (χ3v) is 4.02. The zero-order valence-electron chi connectivity index (χ0n) is 13.5. The molecule has 4 rings (SSSR count). The van der Waals surface area contributed by atoms with Crippen LogP contribution >= 0.6 is 0 Å². The Labute approximate surface area is 145 Å². The van der Waals surface area contributed by atoms with E-state index in [9.17, 15) is 0 Å². The summed E-state index contributed by atoms with van der Waals surface area (Å²) in [6.45, 7) is 0. The molecule has 25 heavy (non-hydrogen) atoms. The Morgan fingerprint density at radius 1 is 1.12 bits per heavy atom. The highest BCUT2D eigenvalue weighted by molar-refractivity contribution is 5.58. The highest BCUT2D eigenvalue weighted by Crippen LogP contribution is 2.39. The molecule has 0 amide bonds. The molecule has 0 spiro atoms. The van der Waals surface area contributed by atoms with Crippen molar-refractivity contribution in [2.75, 3.05) is 10.6 Å². The Hall–Kier alpha value is -3.40. The van der Waals surface area contributed by atoms with Crippen molar-refractivity contribution < 1.29 is 0 Å². The summed E-state index contributed by atoms with van der Waals surface area (Å²) in [6, 6.07) is 13.6. The van der Waals surface area contributed by atoms with Crippen molar-refractivity contribution in [2.45, 2.75) is 25.2 Å². The van der Waals surface area contributed by atoms with Crippen LogP contribution in [0.1, 0.15) is 30.0 Å². The van der Waals surface area contributed by atoms with Crippen molar-refractivity contribution in [3.05, 3.63) is 53.9 Å². The molecule has 3 aromatic rings. The lowest BCUT2D eigenvalue weighted by atomic mass is 10.1. The van der Waals surface area contributed by atoms with Crippen LogP contribution in [0.3, 0.4) is 0 Å². The fourth-order valence-electron chi connectivity index (χ4n) is 2.55. The molecule has 1 fully saturated rings. The molecule has 7 heteroatoms. The normalized spacial score (nSPS) is 13.2. The van der Waals surface area contributed by atoms with Crippen molar-refractivity contribution in [1.29, 1.82) is 5.26 Å². The number of benzene rings is 1. The van der Waals surface area contributed by atoms with Crippen LogP contribution < -0.4 is 10.6 Å². The van der Waals surface area contributed by atoms with Gasteiger partial charge in [-0.3, -0.25) is 5.10 Å². The lowest BCUT2D eigenvalue weighted by Gasteiger charge is -2.07. The van der Waals surface area contributed by atoms with Crippen LogP contribution in [0.25, 0.3) is 0 Å². The highest BCUT2D eigenvalue weighted by atomic mass is 15.2. The summed E-state index contributed by atoms with van der Waals surface area (Å²) in [5.74, 6) is 2.56. The maximum Gasteiger partial charge on any atom is 0.229 e. The molecule has 1 aliphatic rings. The van der Waals surface area contributed by atoms with E-state index in [1.807, 2.05) is 30.3 Å². The summed E-state index contributed by atoms with van der Waals surface area (Å²) >= 11 is 0. The topological polar surface area (TPSA) is 102 Å². The maximum atomic E-state index is 8.71. The van der Waals surface area contributed by atoms with Crippen molar-refractivity contribution in [1.82, 2.24) is 20.2 Å². The van der Waals surface area contributed by atoms with Gasteiger partial charge in [-0.1, -0.05) is 12.1 Å². The minimum absolute atomic E-state index is 0.405. The summed E-state index contributed by atoms with van der Waals surface area (Å²) in [5, 5.41) is 22.4. The zero-order valence-corrected chi connectivity index (χ0v) is 13.5. The zero-order chi connectivity index (χ0) is 17.1. The predicted molar refractivity (Wildman–Crippen MR) is 94.9 cm³/mol. The van der Waals surface area contributed by atoms with Crippen LogP contribution in [0.5, 0.6) is 0 Å². The highest BCUT2D eigenvalue weighted by Gasteiger charge is 2.25. The van der Waals surface area contributed by atoms with Crippen molar-refractivity contribution >= 4 is 23.3 Å². The number of rotatable bonds is 6. The molecule has 7 nitrogen and oxygen atoms in total. The first-order valence-corrected chi connectivity index (χ1v) is 8.18. The summed E-state index contributed by atoms with van der Waals surface area (Å²) in [7, 11) is 0. The van der Waals surface area contributed by atoms with Gasteiger partial charge in [0.1, 0.15) is 5.82 Å². The standard InChI is InChI=1S/C18H17N7/c19-9-7-12-1-5-14(6-2-12)21-18-20-10-8-16(23-18)22-17-11-15(24-25-17)13-3-4-13/h1-2,5-6,8,10-11,13H,3-4,7H2,(H3,20,21,22,23,24,25). The molecule has 1 aromatic carbocycles.